The van der Waals surface area contributed by atoms with Crippen molar-refractivity contribution >= 4 is 35.8 Å². The van der Waals surface area contributed by atoms with Gasteiger partial charge in [0.25, 0.3) is 5.91 Å². The molecule has 1 unspecified atom stereocenters. The lowest BCUT2D eigenvalue weighted by Gasteiger charge is -2.29. The molecule has 1 aromatic heterocycles. The molecular formula is C19H32IN5O2. The zero-order valence-electron chi connectivity index (χ0n) is 16.2. The van der Waals surface area contributed by atoms with Crippen molar-refractivity contribution in [1.29, 1.82) is 0 Å². The van der Waals surface area contributed by atoms with Gasteiger partial charge in [-0.3, -0.25) is 4.79 Å². The number of guanidine groups is 1. The van der Waals surface area contributed by atoms with E-state index in [0.717, 1.165) is 25.6 Å². The van der Waals surface area contributed by atoms with E-state index in [-0.39, 0.29) is 29.7 Å². The summed E-state index contributed by atoms with van der Waals surface area (Å²) in [5, 5.41) is 3.38. The molecule has 1 aromatic rings. The summed E-state index contributed by atoms with van der Waals surface area (Å²) >= 11 is 0. The second kappa shape index (κ2) is 10.9. The summed E-state index contributed by atoms with van der Waals surface area (Å²) in [7, 11) is 0. The third-order valence-corrected chi connectivity index (χ3v) is 5.17. The maximum atomic E-state index is 11.1. The number of piperidine rings is 1. The Kier molecular flexibility index (Phi) is 8.88. The van der Waals surface area contributed by atoms with Crippen LogP contribution in [0, 0.1) is 5.92 Å². The van der Waals surface area contributed by atoms with E-state index in [1.165, 1.54) is 45.3 Å². The number of nitrogens with two attached hydrogens (primary N) is 1. The molecule has 0 spiro atoms. The first-order valence-electron chi connectivity index (χ1n) is 9.80. The van der Waals surface area contributed by atoms with Gasteiger partial charge in [-0.1, -0.05) is 6.42 Å². The molecule has 2 aliphatic heterocycles. The van der Waals surface area contributed by atoms with Gasteiger partial charge in [0.05, 0.1) is 0 Å². The molecule has 2 aliphatic rings. The minimum absolute atomic E-state index is 0. The van der Waals surface area contributed by atoms with Crippen molar-refractivity contribution in [3.63, 3.8) is 0 Å². The average Bonchev–Trinajstić information content (AvgIpc) is 3.29. The van der Waals surface area contributed by atoms with Crippen LogP contribution in [0.1, 0.15) is 48.9 Å². The molecule has 0 aliphatic carbocycles. The van der Waals surface area contributed by atoms with E-state index in [2.05, 4.69) is 22.0 Å². The van der Waals surface area contributed by atoms with Gasteiger partial charge in [0, 0.05) is 26.2 Å². The van der Waals surface area contributed by atoms with Crippen LogP contribution in [0.2, 0.25) is 0 Å². The Morgan fingerprint density at radius 3 is 2.74 bits per heavy atom. The molecule has 0 aromatic carbocycles. The Balaban J connectivity index is 0.00000261. The second-order valence-corrected chi connectivity index (χ2v) is 7.26. The summed E-state index contributed by atoms with van der Waals surface area (Å²) in [6, 6.07) is 3.36. The van der Waals surface area contributed by atoms with Crippen LogP contribution in [0.15, 0.2) is 21.5 Å². The molecule has 0 radical (unpaired) electrons. The number of nitrogens with zero attached hydrogens (tertiary/aromatic N) is 3. The molecule has 152 valence electrons. The van der Waals surface area contributed by atoms with Gasteiger partial charge in [0.1, 0.15) is 12.3 Å². The van der Waals surface area contributed by atoms with Crippen LogP contribution in [0.4, 0.5) is 0 Å². The number of likely N-dealkylation sites (tertiary alicyclic amines) is 2. The van der Waals surface area contributed by atoms with E-state index >= 15 is 0 Å². The number of hydrogen-bond acceptors (Lipinski definition) is 4. The number of nitrogens with one attached hydrogen (secondary N) is 1. The Hall–Kier alpha value is -1.29. The minimum Gasteiger partial charge on any atom is -0.454 e. The number of aliphatic imine (C=N–C) groups is 1. The van der Waals surface area contributed by atoms with E-state index in [1.54, 1.807) is 12.1 Å². The lowest BCUT2D eigenvalue weighted by molar-refractivity contribution is 0.0972. The predicted octanol–water partition coefficient (Wildman–Crippen LogP) is 2.27. The number of hydrogen-bond donors (Lipinski definition) is 2. The molecular weight excluding hydrogens is 457 g/mol. The molecule has 2 fully saturated rings. The quantitative estimate of drug-likeness (QED) is 0.364. The molecule has 8 heteroatoms. The molecule has 1 atom stereocenters. The van der Waals surface area contributed by atoms with Gasteiger partial charge in [-0.15, -0.1) is 24.0 Å². The molecule has 3 rings (SSSR count). The van der Waals surface area contributed by atoms with Crippen LogP contribution in [-0.4, -0.2) is 60.9 Å². The topological polar surface area (TPSA) is 87.1 Å². The number of furan rings is 1. The number of halogens is 1. The van der Waals surface area contributed by atoms with E-state index < -0.39 is 5.91 Å². The van der Waals surface area contributed by atoms with Crippen molar-refractivity contribution in [3.8, 4) is 0 Å². The van der Waals surface area contributed by atoms with Crippen LogP contribution < -0.4 is 11.1 Å². The van der Waals surface area contributed by atoms with E-state index in [9.17, 15) is 4.79 Å². The van der Waals surface area contributed by atoms with Crippen molar-refractivity contribution in [2.75, 3.05) is 39.3 Å². The Morgan fingerprint density at radius 2 is 2.07 bits per heavy atom. The SMILES string of the molecule is CCNC(=NCc1ccc(C(N)=O)o1)N1CCC(CN2CCCCC2)C1.I. The Labute approximate surface area is 178 Å². The van der Waals surface area contributed by atoms with Crippen LogP contribution in [0.25, 0.3) is 0 Å². The number of amides is 1. The summed E-state index contributed by atoms with van der Waals surface area (Å²) < 4.78 is 5.42. The van der Waals surface area contributed by atoms with Crippen LogP contribution in [0.5, 0.6) is 0 Å². The third-order valence-electron chi connectivity index (χ3n) is 5.17. The van der Waals surface area contributed by atoms with E-state index in [1.807, 2.05) is 0 Å². The smallest absolute Gasteiger partial charge is 0.284 e. The average molecular weight is 489 g/mol. The zero-order valence-corrected chi connectivity index (χ0v) is 18.5. The highest BCUT2D eigenvalue weighted by atomic mass is 127. The molecule has 0 saturated carbocycles. The standard InChI is InChI=1S/C19H31N5O2.HI/c1-2-21-19(22-12-16-6-7-17(26-16)18(20)25)24-11-8-15(14-24)13-23-9-4-3-5-10-23;/h6-7,15H,2-5,8-14H2,1H3,(H2,20,25)(H,21,22);1H. The van der Waals surface area contributed by atoms with Crippen molar-refractivity contribution in [2.24, 2.45) is 16.6 Å². The van der Waals surface area contributed by atoms with Crippen LogP contribution in [-0.2, 0) is 6.54 Å². The fraction of sp³-hybridized carbons (Fsp3) is 0.684. The number of primary amides is 1. The highest BCUT2D eigenvalue weighted by molar-refractivity contribution is 14.0. The second-order valence-electron chi connectivity index (χ2n) is 7.26. The first-order chi connectivity index (χ1) is 12.7. The summed E-state index contributed by atoms with van der Waals surface area (Å²) in [4.78, 5) is 20.8. The van der Waals surface area contributed by atoms with Gasteiger partial charge < -0.3 is 25.3 Å². The molecule has 27 heavy (non-hydrogen) atoms. The number of carbonyl (C=O) groups is 1. The molecule has 7 nitrogen and oxygen atoms in total. The first kappa shape index (κ1) is 22.0. The van der Waals surface area contributed by atoms with Gasteiger partial charge in [0.2, 0.25) is 0 Å². The normalized spacial score (nSPS) is 21.1. The maximum Gasteiger partial charge on any atom is 0.284 e. The number of rotatable bonds is 6. The molecule has 3 N–H and O–H groups in total. The van der Waals surface area contributed by atoms with Gasteiger partial charge in [0.15, 0.2) is 11.7 Å². The molecule has 0 bridgehead atoms. The summed E-state index contributed by atoms with van der Waals surface area (Å²) in [5.41, 5.74) is 5.23. The summed E-state index contributed by atoms with van der Waals surface area (Å²) in [6.07, 6.45) is 5.29. The van der Waals surface area contributed by atoms with Gasteiger partial charge in [-0.05, 0) is 57.3 Å². The van der Waals surface area contributed by atoms with Gasteiger partial charge in [-0.25, -0.2) is 4.99 Å². The summed E-state index contributed by atoms with van der Waals surface area (Å²) in [5.74, 6) is 1.92. The first-order valence-corrected chi connectivity index (χ1v) is 9.80. The highest BCUT2D eigenvalue weighted by Gasteiger charge is 2.27. The van der Waals surface area contributed by atoms with E-state index in [4.69, 9.17) is 15.1 Å². The zero-order chi connectivity index (χ0) is 18.4. The van der Waals surface area contributed by atoms with Crippen molar-refractivity contribution in [2.45, 2.75) is 39.2 Å². The van der Waals surface area contributed by atoms with Gasteiger partial charge in [-0.2, -0.15) is 0 Å². The highest BCUT2D eigenvalue weighted by Crippen LogP contribution is 2.20. The van der Waals surface area contributed by atoms with E-state index in [0.29, 0.717) is 18.2 Å². The third kappa shape index (κ3) is 6.38. The molecule has 1 amide bonds. The van der Waals surface area contributed by atoms with Crippen LogP contribution in [0.3, 0.4) is 0 Å². The fourth-order valence-corrected chi connectivity index (χ4v) is 3.86. The monoisotopic (exact) mass is 489 g/mol. The maximum absolute atomic E-state index is 11.1. The largest absolute Gasteiger partial charge is 0.454 e. The van der Waals surface area contributed by atoms with Gasteiger partial charge >= 0.3 is 0 Å². The summed E-state index contributed by atoms with van der Waals surface area (Å²) in [6.45, 7) is 9.11. The Morgan fingerprint density at radius 1 is 1.30 bits per heavy atom. The predicted molar refractivity (Wildman–Crippen MR) is 117 cm³/mol. The fourth-order valence-electron chi connectivity index (χ4n) is 3.86. The van der Waals surface area contributed by atoms with Crippen molar-refractivity contribution in [1.82, 2.24) is 15.1 Å². The lowest BCUT2D eigenvalue weighted by Crippen LogP contribution is -2.41. The Bertz CT molecular complexity index is 627. The minimum atomic E-state index is -0.549. The molecule has 3 heterocycles. The van der Waals surface area contributed by atoms with Crippen molar-refractivity contribution < 1.29 is 9.21 Å². The van der Waals surface area contributed by atoms with Crippen LogP contribution >= 0.6 is 24.0 Å². The lowest BCUT2D eigenvalue weighted by atomic mass is 10.1. The molecule has 2 saturated heterocycles. The number of carbonyl (C=O) groups excluding carboxylic acids is 1. The van der Waals surface area contributed by atoms with Crippen molar-refractivity contribution in [3.05, 3.63) is 23.7 Å².